The fourth-order valence-corrected chi connectivity index (χ4v) is 4.60. The Labute approximate surface area is 179 Å². The molecule has 0 spiro atoms. The fraction of sp³-hybridized carbons (Fsp3) is 0.250. The molecule has 1 aliphatic heterocycles. The zero-order valence-electron chi connectivity index (χ0n) is 17.3. The lowest BCUT2D eigenvalue weighted by Crippen LogP contribution is -2.29. The van der Waals surface area contributed by atoms with Gasteiger partial charge in [-0.3, -0.25) is 10.1 Å². The van der Waals surface area contributed by atoms with E-state index in [9.17, 15) is 0 Å². The highest BCUT2D eigenvalue weighted by molar-refractivity contribution is 5.95. The van der Waals surface area contributed by atoms with Crippen LogP contribution in [0.1, 0.15) is 24.3 Å². The first-order chi connectivity index (χ1) is 15.3. The number of benzene rings is 1. The number of nitrogens with one attached hydrogen (secondary N) is 2. The van der Waals surface area contributed by atoms with Crippen molar-refractivity contribution in [3.63, 3.8) is 0 Å². The van der Waals surface area contributed by atoms with Gasteiger partial charge in [-0.15, -0.1) is 0 Å². The molecule has 5 heterocycles. The molecule has 1 aromatic carbocycles. The van der Waals surface area contributed by atoms with E-state index < -0.39 is 0 Å². The highest BCUT2D eigenvalue weighted by Crippen LogP contribution is 2.34. The van der Waals surface area contributed by atoms with E-state index in [0.29, 0.717) is 5.92 Å². The predicted molar refractivity (Wildman–Crippen MR) is 122 cm³/mol. The Balaban J connectivity index is 1.44. The monoisotopic (exact) mass is 409 g/mol. The molecule has 0 unspecified atom stereocenters. The van der Waals surface area contributed by atoms with E-state index >= 15 is 0 Å². The van der Waals surface area contributed by atoms with E-state index in [4.69, 9.17) is 4.98 Å². The van der Waals surface area contributed by atoms with Gasteiger partial charge >= 0.3 is 0 Å². The summed E-state index contributed by atoms with van der Waals surface area (Å²) in [4.78, 5) is 19.6. The zero-order valence-corrected chi connectivity index (χ0v) is 17.3. The number of rotatable bonds is 3. The van der Waals surface area contributed by atoms with Crippen LogP contribution in [0, 0.1) is 0 Å². The molecule has 31 heavy (non-hydrogen) atoms. The second-order valence-corrected chi connectivity index (χ2v) is 8.33. The van der Waals surface area contributed by atoms with Crippen LogP contribution in [-0.2, 0) is 0 Å². The number of piperidine rings is 1. The van der Waals surface area contributed by atoms with Gasteiger partial charge in [0, 0.05) is 29.5 Å². The molecule has 0 aliphatic carbocycles. The maximum absolute atomic E-state index is 4.98. The molecular weight excluding hydrogens is 386 g/mol. The van der Waals surface area contributed by atoms with Gasteiger partial charge < -0.3 is 9.88 Å². The van der Waals surface area contributed by atoms with Crippen LogP contribution in [-0.4, -0.2) is 55.2 Å². The molecule has 1 aliphatic rings. The van der Waals surface area contributed by atoms with Gasteiger partial charge in [-0.25, -0.2) is 9.97 Å². The Kier molecular flexibility index (Phi) is 4.28. The maximum Gasteiger partial charge on any atom is 0.160 e. The third kappa shape index (κ3) is 3.18. The Morgan fingerprint density at radius 1 is 1.03 bits per heavy atom. The van der Waals surface area contributed by atoms with E-state index in [1.165, 1.54) is 5.56 Å². The van der Waals surface area contributed by atoms with Crippen LogP contribution in [0.15, 0.2) is 55.0 Å². The minimum absolute atomic E-state index is 0.519. The molecule has 5 aromatic rings. The molecule has 7 heteroatoms. The van der Waals surface area contributed by atoms with Gasteiger partial charge in [-0.1, -0.05) is 12.1 Å². The van der Waals surface area contributed by atoms with Crippen LogP contribution in [0.5, 0.6) is 0 Å². The second kappa shape index (κ2) is 7.28. The molecule has 0 amide bonds. The normalized spacial score (nSPS) is 15.8. The van der Waals surface area contributed by atoms with Crippen LogP contribution in [0.2, 0.25) is 0 Å². The summed E-state index contributed by atoms with van der Waals surface area (Å²) in [6.45, 7) is 2.24. The van der Waals surface area contributed by atoms with Crippen LogP contribution in [0.4, 0.5) is 0 Å². The minimum Gasteiger partial charge on any atom is -0.321 e. The Bertz CT molecular complexity index is 1360. The lowest BCUT2D eigenvalue weighted by atomic mass is 9.89. The summed E-state index contributed by atoms with van der Waals surface area (Å²) in [7, 11) is 2.19. The van der Waals surface area contributed by atoms with Crippen LogP contribution >= 0.6 is 0 Å². The molecule has 1 saturated heterocycles. The molecule has 2 N–H and O–H groups in total. The minimum atomic E-state index is 0.519. The topological polar surface area (TPSA) is 86.4 Å². The average Bonchev–Trinajstić information content (AvgIpc) is 3.43. The smallest absolute Gasteiger partial charge is 0.160 e. The van der Waals surface area contributed by atoms with E-state index in [2.05, 4.69) is 67.4 Å². The third-order valence-electron chi connectivity index (χ3n) is 6.36. The van der Waals surface area contributed by atoms with E-state index in [1.54, 1.807) is 6.20 Å². The number of pyridine rings is 2. The van der Waals surface area contributed by atoms with Gasteiger partial charge in [-0.2, -0.15) is 5.10 Å². The number of aromatic amines is 2. The molecular formula is C24H23N7. The highest BCUT2D eigenvalue weighted by Gasteiger charge is 2.23. The van der Waals surface area contributed by atoms with E-state index in [-0.39, 0.29) is 0 Å². The first-order valence-electron chi connectivity index (χ1n) is 10.7. The zero-order chi connectivity index (χ0) is 20.8. The van der Waals surface area contributed by atoms with Crippen molar-refractivity contribution < 1.29 is 0 Å². The van der Waals surface area contributed by atoms with Crippen molar-refractivity contribution in [3.8, 4) is 22.6 Å². The van der Waals surface area contributed by atoms with Gasteiger partial charge in [0.15, 0.2) is 11.5 Å². The Morgan fingerprint density at radius 3 is 2.77 bits per heavy atom. The van der Waals surface area contributed by atoms with E-state index in [1.807, 2.05) is 18.5 Å². The Morgan fingerprint density at radius 2 is 1.94 bits per heavy atom. The molecule has 0 bridgehead atoms. The van der Waals surface area contributed by atoms with Gasteiger partial charge in [-0.05, 0) is 74.3 Å². The van der Waals surface area contributed by atoms with Gasteiger partial charge in [0.2, 0.25) is 0 Å². The maximum atomic E-state index is 4.98. The van der Waals surface area contributed by atoms with Crippen molar-refractivity contribution in [1.82, 2.24) is 35.0 Å². The molecule has 7 nitrogen and oxygen atoms in total. The summed E-state index contributed by atoms with van der Waals surface area (Å²) in [6.07, 6.45) is 7.85. The molecule has 4 aromatic heterocycles. The SMILES string of the molecule is CN1CCC(c2ccnc3[nH]c(-c4n[nH]c5ccc(-c6cccnc6)cc45)nc23)CC1. The summed E-state index contributed by atoms with van der Waals surface area (Å²) >= 11 is 0. The molecule has 0 atom stereocenters. The molecule has 154 valence electrons. The Hall–Kier alpha value is -3.58. The van der Waals surface area contributed by atoms with Crippen LogP contribution in [0.3, 0.4) is 0 Å². The first kappa shape index (κ1) is 18.2. The lowest BCUT2D eigenvalue weighted by molar-refractivity contribution is 0.256. The molecule has 0 radical (unpaired) electrons. The predicted octanol–water partition coefficient (Wildman–Crippen LogP) is 4.37. The van der Waals surface area contributed by atoms with Crippen molar-refractivity contribution in [3.05, 3.63) is 60.6 Å². The number of nitrogens with zero attached hydrogens (tertiary/aromatic N) is 5. The average molecular weight is 409 g/mol. The number of fused-ring (bicyclic) bond motifs is 2. The number of imidazole rings is 1. The lowest BCUT2D eigenvalue weighted by Gasteiger charge is -2.29. The standard InChI is InChI=1S/C24H23N7/c1-31-11-7-15(8-12-31)18-6-10-26-23-21(18)27-24(28-23)22-19-13-16(4-5-20(19)29-30-22)17-3-2-9-25-14-17/h2-6,9-10,13-15H,7-8,11-12H2,1H3,(H,29,30)(H,26,27,28). The van der Waals surface area contributed by atoms with Crippen molar-refractivity contribution in [2.75, 3.05) is 20.1 Å². The summed E-state index contributed by atoms with van der Waals surface area (Å²) < 4.78 is 0. The van der Waals surface area contributed by atoms with Crippen LogP contribution in [0.25, 0.3) is 44.7 Å². The van der Waals surface area contributed by atoms with Gasteiger partial charge in [0.25, 0.3) is 0 Å². The van der Waals surface area contributed by atoms with Crippen molar-refractivity contribution in [2.24, 2.45) is 0 Å². The summed E-state index contributed by atoms with van der Waals surface area (Å²) in [6, 6.07) is 12.4. The van der Waals surface area contributed by atoms with Crippen molar-refractivity contribution in [1.29, 1.82) is 0 Å². The number of likely N-dealkylation sites (tertiary alicyclic amines) is 1. The highest BCUT2D eigenvalue weighted by atomic mass is 15.1. The summed E-state index contributed by atoms with van der Waals surface area (Å²) in [5.41, 5.74) is 7.05. The second-order valence-electron chi connectivity index (χ2n) is 8.33. The summed E-state index contributed by atoms with van der Waals surface area (Å²) in [5.74, 6) is 1.27. The number of hydrogen-bond acceptors (Lipinski definition) is 5. The van der Waals surface area contributed by atoms with Gasteiger partial charge in [0.1, 0.15) is 11.2 Å². The molecule has 1 fully saturated rings. The molecule has 0 saturated carbocycles. The van der Waals surface area contributed by atoms with Crippen LogP contribution < -0.4 is 0 Å². The fourth-order valence-electron chi connectivity index (χ4n) is 4.60. The van der Waals surface area contributed by atoms with E-state index in [0.717, 1.165) is 70.6 Å². The number of aromatic nitrogens is 6. The van der Waals surface area contributed by atoms with Crippen molar-refractivity contribution in [2.45, 2.75) is 18.8 Å². The quantitative estimate of drug-likeness (QED) is 0.462. The van der Waals surface area contributed by atoms with Crippen molar-refractivity contribution >= 4 is 22.1 Å². The first-order valence-corrected chi connectivity index (χ1v) is 10.7. The molecule has 6 rings (SSSR count). The van der Waals surface area contributed by atoms with Gasteiger partial charge in [0.05, 0.1) is 5.52 Å². The summed E-state index contributed by atoms with van der Waals surface area (Å²) in [5, 5.41) is 8.75. The number of hydrogen-bond donors (Lipinski definition) is 2. The third-order valence-corrected chi connectivity index (χ3v) is 6.36. The largest absolute Gasteiger partial charge is 0.321 e. The number of H-pyrrole nitrogens is 2.